The Morgan fingerprint density at radius 1 is 1.18 bits per heavy atom. The molecule has 0 unspecified atom stereocenters. The van der Waals surface area contributed by atoms with Crippen LogP contribution < -0.4 is 0 Å². The SMILES string of the molecule is CC(C)C(F)(F)C(F)(F)CS. The molecule has 0 saturated carbocycles. The zero-order valence-electron chi connectivity index (χ0n) is 6.24. The second-order valence-corrected chi connectivity index (χ2v) is 2.96. The van der Waals surface area contributed by atoms with Gasteiger partial charge in [0.25, 0.3) is 0 Å². The summed E-state index contributed by atoms with van der Waals surface area (Å²) in [7, 11) is 0. The van der Waals surface area contributed by atoms with Gasteiger partial charge in [0.1, 0.15) is 0 Å². The van der Waals surface area contributed by atoms with Crippen LogP contribution in [0, 0.1) is 5.92 Å². The molecule has 0 aromatic carbocycles. The van der Waals surface area contributed by atoms with Gasteiger partial charge >= 0.3 is 11.8 Å². The van der Waals surface area contributed by atoms with Crippen LogP contribution in [-0.4, -0.2) is 17.6 Å². The van der Waals surface area contributed by atoms with Crippen LogP contribution in [0.2, 0.25) is 0 Å². The molecule has 0 saturated heterocycles. The molecule has 11 heavy (non-hydrogen) atoms. The average molecular weight is 190 g/mol. The predicted molar refractivity (Wildman–Crippen MR) is 38.6 cm³/mol. The highest BCUT2D eigenvalue weighted by Crippen LogP contribution is 2.40. The van der Waals surface area contributed by atoms with E-state index in [0.29, 0.717) is 0 Å². The van der Waals surface area contributed by atoms with Gasteiger partial charge in [0.2, 0.25) is 0 Å². The van der Waals surface area contributed by atoms with E-state index in [1.807, 2.05) is 0 Å². The van der Waals surface area contributed by atoms with E-state index < -0.39 is 23.5 Å². The van der Waals surface area contributed by atoms with E-state index in [1.165, 1.54) is 0 Å². The minimum absolute atomic E-state index is 1.05. The molecular weight excluding hydrogens is 180 g/mol. The van der Waals surface area contributed by atoms with Crippen molar-refractivity contribution >= 4 is 12.6 Å². The molecule has 5 heteroatoms. The lowest BCUT2D eigenvalue weighted by molar-refractivity contribution is -0.217. The lowest BCUT2D eigenvalue weighted by atomic mass is 10.0. The fourth-order valence-electron chi connectivity index (χ4n) is 0.528. The first kappa shape index (κ1) is 11.1. The van der Waals surface area contributed by atoms with Crippen LogP contribution in [0.3, 0.4) is 0 Å². The molecule has 0 nitrogen and oxygen atoms in total. The van der Waals surface area contributed by atoms with Gasteiger partial charge in [-0.3, -0.25) is 0 Å². The highest BCUT2D eigenvalue weighted by molar-refractivity contribution is 7.80. The molecule has 68 valence electrons. The molecule has 0 rings (SSSR count). The lowest BCUT2D eigenvalue weighted by Gasteiger charge is -2.28. The molecular formula is C6H10F4S. The zero-order chi connectivity index (χ0) is 9.28. The molecule has 0 spiro atoms. The van der Waals surface area contributed by atoms with Gasteiger partial charge in [-0.2, -0.15) is 30.2 Å². The van der Waals surface area contributed by atoms with Crippen molar-refractivity contribution in [2.75, 3.05) is 5.75 Å². The minimum Gasteiger partial charge on any atom is -0.200 e. The fourth-order valence-corrected chi connectivity index (χ4v) is 0.739. The third-order valence-corrected chi connectivity index (χ3v) is 1.81. The lowest BCUT2D eigenvalue weighted by Crippen LogP contribution is -2.45. The van der Waals surface area contributed by atoms with Crippen LogP contribution in [0.15, 0.2) is 0 Å². The van der Waals surface area contributed by atoms with E-state index in [1.54, 1.807) is 0 Å². The number of alkyl halides is 4. The van der Waals surface area contributed by atoms with Gasteiger partial charge in [-0.15, -0.1) is 0 Å². The van der Waals surface area contributed by atoms with Crippen molar-refractivity contribution in [1.82, 2.24) is 0 Å². The van der Waals surface area contributed by atoms with E-state index in [9.17, 15) is 17.6 Å². The molecule has 0 radical (unpaired) electrons. The maximum absolute atomic E-state index is 12.5. The molecule has 0 amide bonds. The van der Waals surface area contributed by atoms with Crippen molar-refractivity contribution in [2.24, 2.45) is 5.92 Å². The fraction of sp³-hybridized carbons (Fsp3) is 1.00. The van der Waals surface area contributed by atoms with Crippen LogP contribution in [0.4, 0.5) is 17.6 Å². The molecule has 0 aliphatic carbocycles. The van der Waals surface area contributed by atoms with E-state index in [0.717, 1.165) is 13.8 Å². The first-order chi connectivity index (χ1) is 4.75. The van der Waals surface area contributed by atoms with Crippen molar-refractivity contribution < 1.29 is 17.6 Å². The van der Waals surface area contributed by atoms with Gasteiger partial charge in [0.05, 0.1) is 5.75 Å². The molecule has 0 fully saturated rings. The van der Waals surface area contributed by atoms with Gasteiger partial charge in [-0.25, -0.2) is 0 Å². The number of rotatable bonds is 3. The van der Waals surface area contributed by atoms with Gasteiger partial charge in [-0.05, 0) is 0 Å². The Bertz CT molecular complexity index is 133. The van der Waals surface area contributed by atoms with Crippen LogP contribution in [-0.2, 0) is 0 Å². The molecule has 0 atom stereocenters. The van der Waals surface area contributed by atoms with Gasteiger partial charge in [0, 0.05) is 5.92 Å². The first-order valence-electron chi connectivity index (χ1n) is 3.12. The van der Waals surface area contributed by atoms with E-state index >= 15 is 0 Å². The van der Waals surface area contributed by atoms with Gasteiger partial charge in [-0.1, -0.05) is 13.8 Å². The monoisotopic (exact) mass is 190 g/mol. The van der Waals surface area contributed by atoms with Gasteiger partial charge < -0.3 is 0 Å². The van der Waals surface area contributed by atoms with Crippen molar-refractivity contribution in [3.8, 4) is 0 Å². The summed E-state index contributed by atoms with van der Waals surface area (Å²) in [5.41, 5.74) is 0. The molecule has 0 bridgehead atoms. The summed E-state index contributed by atoms with van der Waals surface area (Å²) in [4.78, 5) is 0. The Morgan fingerprint density at radius 2 is 1.55 bits per heavy atom. The minimum atomic E-state index is -4.01. The second-order valence-electron chi connectivity index (χ2n) is 2.64. The number of hydrogen-bond acceptors (Lipinski definition) is 1. The van der Waals surface area contributed by atoms with E-state index in [2.05, 4.69) is 12.6 Å². The highest BCUT2D eigenvalue weighted by atomic mass is 32.1. The Morgan fingerprint density at radius 3 is 1.64 bits per heavy atom. The van der Waals surface area contributed by atoms with Crippen molar-refractivity contribution in [1.29, 1.82) is 0 Å². The smallest absolute Gasteiger partial charge is 0.200 e. The van der Waals surface area contributed by atoms with Crippen LogP contribution in [0.5, 0.6) is 0 Å². The standard InChI is InChI=1S/C6H10F4S/c1-4(2)6(9,10)5(7,8)3-11/h4,11H,3H2,1-2H3. The third kappa shape index (κ3) is 2.01. The zero-order valence-corrected chi connectivity index (χ0v) is 7.14. The summed E-state index contributed by atoms with van der Waals surface area (Å²) < 4.78 is 49.8. The summed E-state index contributed by atoms with van der Waals surface area (Å²) >= 11 is 3.16. The first-order valence-corrected chi connectivity index (χ1v) is 3.75. The number of thiol groups is 1. The van der Waals surface area contributed by atoms with Gasteiger partial charge in [0.15, 0.2) is 0 Å². The van der Waals surface area contributed by atoms with E-state index in [-0.39, 0.29) is 0 Å². The molecule has 0 N–H and O–H groups in total. The quantitative estimate of drug-likeness (QED) is 0.513. The van der Waals surface area contributed by atoms with Crippen molar-refractivity contribution in [3.63, 3.8) is 0 Å². The third-order valence-electron chi connectivity index (χ3n) is 1.41. The molecule has 0 aromatic heterocycles. The van der Waals surface area contributed by atoms with Crippen molar-refractivity contribution in [3.05, 3.63) is 0 Å². The molecule has 0 aliphatic heterocycles. The second kappa shape index (κ2) is 3.21. The predicted octanol–water partition coefficient (Wildman–Crippen LogP) is 2.84. The summed E-state index contributed by atoms with van der Waals surface area (Å²) in [5.74, 6) is -10.5. The Hall–Kier alpha value is 0.0700. The highest BCUT2D eigenvalue weighted by Gasteiger charge is 2.56. The van der Waals surface area contributed by atoms with E-state index in [4.69, 9.17) is 0 Å². The molecule has 0 aliphatic rings. The summed E-state index contributed by atoms with van der Waals surface area (Å²) in [6.07, 6.45) is 0. The normalized spacial score (nSPS) is 14.2. The Balaban J connectivity index is 4.53. The topological polar surface area (TPSA) is 0 Å². The maximum Gasteiger partial charge on any atom is 0.319 e. The van der Waals surface area contributed by atoms with Crippen LogP contribution in [0.25, 0.3) is 0 Å². The number of halogens is 4. The van der Waals surface area contributed by atoms with Crippen LogP contribution >= 0.6 is 12.6 Å². The Labute approximate surface area is 68.4 Å². The average Bonchev–Trinajstić information content (AvgIpc) is 1.87. The summed E-state index contributed by atoms with van der Waals surface area (Å²) in [5, 5.41) is 0. The Kier molecular flexibility index (Phi) is 3.23. The summed E-state index contributed by atoms with van der Waals surface area (Å²) in [6, 6.07) is 0. The largest absolute Gasteiger partial charge is 0.319 e. The van der Waals surface area contributed by atoms with Crippen molar-refractivity contribution in [2.45, 2.75) is 25.7 Å². The van der Waals surface area contributed by atoms with Crippen LogP contribution in [0.1, 0.15) is 13.8 Å². The number of hydrogen-bond donors (Lipinski definition) is 1. The molecule has 0 heterocycles. The maximum atomic E-state index is 12.5. The molecule has 0 aromatic rings. The summed E-state index contributed by atoms with van der Waals surface area (Å²) in [6.45, 7) is 2.11.